The molecule has 0 amide bonds. The summed E-state index contributed by atoms with van der Waals surface area (Å²) in [6.45, 7) is 13.6. The summed E-state index contributed by atoms with van der Waals surface area (Å²) in [4.78, 5) is 1.21. The van der Waals surface area contributed by atoms with E-state index in [1.807, 2.05) is 19.3 Å². The van der Waals surface area contributed by atoms with Crippen molar-refractivity contribution in [3.05, 3.63) is 23.5 Å². The molecule has 0 bridgehead atoms. The van der Waals surface area contributed by atoms with Crippen molar-refractivity contribution in [2.75, 3.05) is 0 Å². The topological polar surface area (TPSA) is 0 Å². The Balaban J connectivity index is 0. The molecule has 60 valence electrons. The van der Waals surface area contributed by atoms with Gasteiger partial charge in [-0.15, -0.1) is 11.8 Å². The first kappa shape index (κ1) is 12.5. The molecule has 0 atom stereocenters. The lowest BCUT2D eigenvalue weighted by atomic mass is 10.3. The molecule has 0 aliphatic heterocycles. The van der Waals surface area contributed by atoms with Gasteiger partial charge in [0.1, 0.15) is 0 Å². The minimum atomic E-state index is 1.11. The molecule has 0 radical (unpaired) electrons. The van der Waals surface area contributed by atoms with Gasteiger partial charge >= 0.3 is 0 Å². The Morgan fingerprint density at radius 1 is 1.50 bits per heavy atom. The Bertz CT molecular complexity index is 84.7. The molecule has 0 rings (SSSR count). The zero-order chi connectivity index (χ0) is 8.41. The van der Waals surface area contributed by atoms with Gasteiger partial charge in [-0.05, 0) is 16.7 Å². The summed E-state index contributed by atoms with van der Waals surface area (Å²) >= 11 is 1.63. The van der Waals surface area contributed by atoms with Crippen LogP contribution >= 0.6 is 11.8 Å². The number of rotatable bonds is 4. The Hall–Kier alpha value is -0.170. The van der Waals surface area contributed by atoms with Crippen LogP contribution in [-0.2, 0) is 0 Å². The molecule has 0 aromatic heterocycles. The van der Waals surface area contributed by atoms with E-state index in [2.05, 4.69) is 20.1 Å². The highest BCUT2D eigenvalue weighted by Crippen LogP contribution is 2.18. The first-order valence-electron chi connectivity index (χ1n) is 3.76. The summed E-state index contributed by atoms with van der Waals surface area (Å²) in [5.74, 6) is 0. The van der Waals surface area contributed by atoms with E-state index in [0.717, 1.165) is 6.42 Å². The monoisotopic (exact) mass is 158 g/mol. The fourth-order valence-corrected chi connectivity index (χ4v) is 1.01. The summed E-state index contributed by atoms with van der Waals surface area (Å²) in [6, 6.07) is 0. The van der Waals surface area contributed by atoms with Gasteiger partial charge in [-0.3, -0.25) is 0 Å². The van der Waals surface area contributed by atoms with E-state index < -0.39 is 0 Å². The van der Waals surface area contributed by atoms with E-state index in [9.17, 15) is 0 Å². The lowest BCUT2D eigenvalue weighted by Crippen LogP contribution is -1.68. The van der Waals surface area contributed by atoms with Gasteiger partial charge in [-0.25, -0.2) is 0 Å². The zero-order valence-corrected chi connectivity index (χ0v) is 8.13. The Kier molecular flexibility index (Phi) is 14.5. The van der Waals surface area contributed by atoms with Crippen molar-refractivity contribution in [1.29, 1.82) is 0 Å². The van der Waals surface area contributed by atoms with Crippen LogP contribution in [0.4, 0.5) is 0 Å². The van der Waals surface area contributed by atoms with Crippen molar-refractivity contribution in [3.63, 3.8) is 0 Å². The third-order valence-corrected chi connectivity index (χ3v) is 1.48. The van der Waals surface area contributed by atoms with Crippen LogP contribution in [0.15, 0.2) is 23.5 Å². The molecule has 0 spiro atoms. The number of allylic oxidation sites excluding steroid dienone is 1. The van der Waals surface area contributed by atoms with Crippen molar-refractivity contribution >= 4 is 11.8 Å². The average Bonchev–Trinajstić information content (AvgIpc) is 1.93. The van der Waals surface area contributed by atoms with E-state index in [0.29, 0.717) is 0 Å². The van der Waals surface area contributed by atoms with E-state index in [1.165, 1.54) is 11.3 Å². The highest BCUT2D eigenvalue weighted by atomic mass is 32.2. The molecule has 0 saturated carbocycles. The average molecular weight is 158 g/mol. The number of hydrogen-bond acceptors (Lipinski definition) is 1. The molecule has 0 saturated heterocycles. The van der Waals surface area contributed by atoms with Crippen molar-refractivity contribution in [2.24, 2.45) is 0 Å². The molecule has 0 unspecified atom stereocenters. The van der Waals surface area contributed by atoms with Crippen molar-refractivity contribution in [1.82, 2.24) is 0 Å². The quantitative estimate of drug-likeness (QED) is 0.591. The van der Waals surface area contributed by atoms with E-state index in [-0.39, 0.29) is 0 Å². The summed E-state index contributed by atoms with van der Waals surface area (Å²) < 4.78 is 0. The summed E-state index contributed by atoms with van der Waals surface area (Å²) in [5, 5.41) is 1.82. The Labute approximate surface area is 69.4 Å². The fourth-order valence-electron chi connectivity index (χ4n) is 0.456. The largest absolute Gasteiger partial charge is 0.104 e. The van der Waals surface area contributed by atoms with Crippen LogP contribution in [-0.4, -0.2) is 0 Å². The predicted molar refractivity (Wildman–Crippen MR) is 53.2 cm³/mol. The lowest BCUT2D eigenvalue weighted by Gasteiger charge is -1.94. The van der Waals surface area contributed by atoms with Gasteiger partial charge < -0.3 is 0 Å². The lowest BCUT2D eigenvalue weighted by molar-refractivity contribution is 0.951. The zero-order valence-electron chi connectivity index (χ0n) is 7.31. The van der Waals surface area contributed by atoms with Crippen LogP contribution < -0.4 is 0 Å². The molecule has 0 fully saturated rings. The minimum Gasteiger partial charge on any atom is -0.104 e. The smallest absolute Gasteiger partial charge is 0.0181 e. The molecule has 0 nitrogen and oxygen atoms in total. The van der Waals surface area contributed by atoms with Crippen LogP contribution in [0.5, 0.6) is 0 Å². The second-order valence-electron chi connectivity index (χ2n) is 1.57. The van der Waals surface area contributed by atoms with Gasteiger partial charge in [0.2, 0.25) is 0 Å². The minimum absolute atomic E-state index is 1.11. The van der Waals surface area contributed by atoms with E-state index >= 15 is 0 Å². The van der Waals surface area contributed by atoms with Gasteiger partial charge in [-0.1, -0.05) is 40.3 Å². The predicted octanol–water partition coefficient (Wildman–Crippen LogP) is 4.20. The van der Waals surface area contributed by atoms with Crippen molar-refractivity contribution in [3.8, 4) is 0 Å². The summed E-state index contributed by atoms with van der Waals surface area (Å²) in [5.41, 5.74) is 0. The molecule has 0 aromatic carbocycles. The van der Waals surface area contributed by atoms with Gasteiger partial charge in [0, 0.05) is 0 Å². The SMILES string of the molecule is C=CSC(=C)CCC.CC. The van der Waals surface area contributed by atoms with Crippen LogP contribution in [0.2, 0.25) is 0 Å². The second kappa shape index (κ2) is 11.6. The molecule has 0 aliphatic carbocycles. The molecule has 0 heterocycles. The Morgan fingerprint density at radius 3 is 2.30 bits per heavy atom. The van der Waals surface area contributed by atoms with Gasteiger partial charge in [-0.2, -0.15) is 0 Å². The van der Waals surface area contributed by atoms with Gasteiger partial charge in [0.05, 0.1) is 0 Å². The normalized spacial score (nSPS) is 7.50. The van der Waals surface area contributed by atoms with Crippen LogP contribution in [0, 0.1) is 0 Å². The van der Waals surface area contributed by atoms with Crippen molar-refractivity contribution < 1.29 is 0 Å². The molecular weight excluding hydrogens is 140 g/mol. The fraction of sp³-hybridized carbons (Fsp3) is 0.556. The molecule has 0 aliphatic rings. The maximum Gasteiger partial charge on any atom is -0.0181 e. The highest BCUT2D eigenvalue weighted by molar-refractivity contribution is 8.05. The first-order chi connectivity index (χ1) is 4.81. The first-order valence-corrected chi connectivity index (χ1v) is 4.64. The van der Waals surface area contributed by atoms with Crippen LogP contribution in [0.3, 0.4) is 0 Å². The van der Waals surface area contributed by atoms with Gasteiger partial charge in [0.15, 0.2) is 0 Å². The maximum atomic E-state index is 3.83. The molecule has 1 heteroatoms. The number of hydrogen-bond donors (Lipinski definition) is 0. The molecule has 0 N–H and O–H groups in total. The Morgan fingerprint density at radius 2 is 2.00 bits per heavy atom. The van der Waals surface area contributed by atoms with Crippen LogP contribution in [0.1, 0.15) is 33.6 Å². The van der Waals surface area contributed by atoms with E-state index in [4.69, 9.17) is 0 Å². The molecule has 0 aromatic rings. The summed E-state index contributed by atoms with van der Waals surface area (Å²) in [7, 11) is 0. The second-order valence-corrected chi connectivity index (χ2v) is 2.72. The number of thioether (sulfide) groups is 1. The molecule has 10 heavy (non-hydrogen) atoms. The van der Waals surface area contributed by atoms with Crippen LogP contribution in [0.25, 0.3) is 0 Å². The summed E-state index contributed by atoms with van der Waals surface area (Å²) in [6.07, 6.45) is 2.29. The van der Waals surface area contributed by atoms with Crippen molar-refractivity contribution in [2.45, 2.75) is 33.6 Å². The highest BCUT2D eigenvalue weighted by Gasteiger charge is 1.86. The molecular formula is C9H18S. The van der Waals surface area contributed by atoms with Gasteiger partial charge in [0.25, 0.3) is 0 Å². The third-order valence-electron chi connectivity index (χ3n) is 0.779. The third kappa shape index (κ3) is 10.7. The van der Waals surface area contributed by atoms with E-state index in [1.54, 1.807) is 11.8 Å². The standard InChI is InChI=1S/C7H12S.C2H6/c1-4-6-7(3)8-5-2;1-2/h5H,2-4,6H2,1H3;1-2H3. The maximum absolute atomic E-state index is 3.83.